The standard InChI is InChI=1S/C15H19N3O2S/c1-3-18(14-6-4-5-12(2)9-14)21(19,20)15-8-7-13(10-16)11-17-15/h4-9,11H,3,10,16H2,1-2H3. The van der Waals surface area contributed by atoms with Crippen LogP contribution in [0.1, 0.15) is 18.1 Å². The molecule has 0 unspecified atom stereocenters. The third-order valence-electron chi connectivity index (χ3n) is 3.16. The van der Waals surface area contributed by atoms with Gasteiger partial charge in [0.25, 0.3) is 10.0 Å². The predicted molar refractivity (Wildman–Crippen MR) is 83.5 cm³/mol. The molecule has 2 aromatic rings. The average molecular weight is 305 g/mol. The summed E-state index contributed by atoms with van der Waals surface area (Å²) in [5.41, 5.74) is 7.95. The summed E-state index contributed by atoms with van der Waals surface area (Å²) >= 11 is 0. The van der Waals surface area contributed by atoms with Crippen molar-refractivity contribution in [3.05, 3.63) is 53.7 Å². The van der Waals surface area contributed by atoms with E-state index in [2.05, 4.69) is 4.98 Å². The molecule has 0 saturated carbocycles. The minimum atomic E-state index is -3.66. The Balaban J connectivity index is 2.44. The van der Waals surface area contributed by atoms with E-state index in [0.717, 1.165) is 11.1 Å². The van der Waals surface area contributed by atoms with Gasteiger partial charge >= 0.3 is 0 Å². The Morgan fingerprint density at radius 1 is 1.24 bits per heavy atom. The summed E-state index contributed by atoms with van der Waals surface area (Å²) in [5.74, 6) is 0. The van der Waals surface area contributed by atoms with Crippen LogP contribution in [0.5, 0.6) is 0 Å². The highest BCUT2D eigenvalue weighted by Crippen LogP contribution is 2.23. The molecule has 6 heteroatoms. The van der Waals surface area contributed by atoms with E-state index in [1.54, 1.807) is 19.1 Å². The van der Waals surface area contributed by atoms with Crippen molar-refractivity contribution in [2.75, 3.05) is 10.8 Å². The summed E-state index contributed by atoms with van der Waals surface area (Å²) in [4.78, 5) is 4.03. The fourth-order valence-corrected chi connectivity index (χ4v) is 3.45. The third kappa shape index (κ3) is 3.22. The average Bonchev–Trinajstić information content (AvgIpc) is 2.48. The topological polar surface area (TPSA) is 76.3 Å². The van der Waals surface area contributed by atoms with E-state index in [9.17, 15) is 8.42 Å². The van der Waals surface area contributed by atoms with E-state index in [-0.39, 0.29) is 5.03 Å². The molecule has 2 rings (SSSR count). The Bertz CT molecular complexity index is 712. The fraction of sp³-hybridized carbons (Fsp3) is 0.267. The molecule has 0 aliphatic heterocycles. The summed E-state index contributed by atoms with van der Waals surface area (Å²) in [5, 5.41) is 0.0306. The fourth-order valence-electron chi connectivity index (χ4n) is 2.07. The maximum absolute atomic E-state index is 12.7. The molecule has 0 aliphatic carbocycles. The highest BCUT2D eigenvalue weighted by molar-refractivity contribution is 7.92. The highest BCUT2D eigenvalue weighted by Gasteiger charge is 2.24. The van der Waals surface area contributed by atoms with Gasteiger partial charge in [-0.2, -0.15) is 8.42 Å². The van der Waals surface area contributed by atoms with Crippen molar-refractivity contribution in [2.24, 2.45) is 5.73 Å². The first-order valence-corrected chi connectivity index (χ1v) is 8.17. The van der Waals surface area contributed by atoms with Crippen LogP contribution in [0.2, 0.25) is 0 Å². The maximum Gasteiger partial charge on any atom is 0.281 e. The number of aryl methyl sites for hydroxylation is 1. The number of pyridine rings is 1. The number of sulfonamides is 1. The second-order valence-electron chi connectivity index (χ2n) is 4.72. The van der Waals surface area contributed by atoms with Gasteiger partial charge < -0.3 is 5.73 Å². The molecule has 0 radical (unpaired) electrons. The first-order valence-electron chi connectivity index (χ1n) is 6.73. The number of anilines is 1. The third-order valence-corrected chi connectivity index (χ3v) is 4.98. The number of nitrogens with two attached hydrogens (primary N) is 1. The van der Waals surface area contributed by atoms with E-state index >= 15 is 0 Å². The predicted octanol–water partition coefficient (Wildman–Crippen LogP) is 2.06. The zero-order valence-electron chi connectivity index (χ0n) is 12.2. The molecule has 1 aromatic carbocycles. The number of hydrogen-bond acceptors (Lipinski definition) is 4. The molecule has 0 bridgehead atoms. The minimum Gasteiger partial charge on any atom is -0.326 e. The number of rotatable bonds is 5. The second-order valence-corrected chi connectivity index (χ2v) is 6.53. The lowest BCUT2D eigenvalue weighted by atomic mass is 10.2. The van der Waals surface area contributed by atoms with Gasteiger partial charge in [0.1, 0.15) is 0 Å². The minimum absolute atomic E-state index is 0.0306. The lowest BCUT2D eigenvalue weighted by Crippen LogP contribution is -2.31. The van der Waals surface area contributed by atoms with Crippen LogP contribution in [0.4, 0.5) is 5.69 Å². The lowest BCUT2D eigenvalue weighted by Gasteiger charge is -2.22. The van der Waals surface area contributed by atoms with Gasteiger partial charge in [0.05, 0.1) is 5.69 Å². The van der Waals surface area contributed by atoms with Gasteiger partial charge in [-0.15, -0.1) is 0 Å². The van der Waals surface area contributed by atoms with Gasteiger partial charge in [-0.05, 0) is 43.2 Å². The Labute approximate surface area is 125 Å². The van der Waals surface area contributed by atoms with E-state index in [1.807, 2.05) is 25.1 Å². The molecule has 0 aliphatic rings. The van der Waals surface area contributed by atoms with Crippen LogP contribution in [-0.2, 0) is 16.6 Å². The van der Waals surface area contributed by atoms with Crippen molar-refractivity contribution in [1.82, 2.24) is 4.98 Å². The number of hydrogen-bond donors (Lipinski definition) is 1. The van der Waals surface area contributed by atoms with Crippen LogP contribution in [0.25, 0.3) is 0 Å². The smallest absolute Gasteiger partial charge is 0.281 e. The van der Waals surface area contributed by atoms with Crippen LogP contribution in [0.3, 0.4) is 0 Å². The van der Waals surface area contributed by atoms with E-state index < -0.39 is 10.0 Å². The summed E-state index contributed by atoms with van der Waals surface area (Å²) in [7, 11) is -3.66. The molecular weight excluding hydrogens is 286 g/mol. The molecular formula is C15H19N3O2S. The Morgan fingerprint density at radius 3 is 2.52 bits per heavy atom. The van der Waals surface area contributed by atoms with Crippen molar-refractivity contribution < 1.29 is 8.42 Å². The van der Waals surface area contributed by atoms with Crippen LogP contribution >= 0.6 is 0 Å². The zero-order valence-corrected chi connectivity index (χ0v) is 13.0. The van der Waals surface area contributed by atoms with Crippen molar-refractivity contribution in [2.45, 2.75) is 25.4 Å². The van der Waals surface area contributed by atoms with Crippen molar-refractivity contribution in [1.29, 1.82) is 0 Å². The van der Waals surface area contributed by atoms with Crippen LogP contribution in [-0.4, -0.2) is 19.9 Å². The van der Waals surface area contributed by atoms with Gasteiger partial charge in [-0.1, -0.05) is 18.2 Å². The number of benzene rings is 1. The summed E-state index contributed by atoms with van der Waals surface area (Å²) in [6.07, 6.45) is 1.50. The molecule has 0 fully saturated rings. The summed E-state index contributed by atoms with van der Waals surface area (Å²) < 4.78 is 26.8. The number of aromatic nitrogens is 1. The van der Waals surface area contributed by atoms with Gasteiger partial charge in [0, 0.05) is 19.3 Å². The molecule has 1 aromatic heterocycles. The molecule has 2 N–H and O–H groups in total. The SMILES string of the molecule is CCN(c1cccc(C)c1)S(=O)(=O)c1ccc(CN)cn1. The lowest BCUT2D eigenvalue weighted by molar-refractivity contribution is 0.588. The highest BCUT2D eigenvalue weighted by atomic mass is 32.2. The van der Waals surface area contributed by atoms with Crippen LogP contribution in [0.15, 0.2) is 47.6 Å². The van der Waals surface area contributed by atoms with Crippen LogP contribution in [0, 0.1) is 6.92 Å². The summed E-state index contributed by atoms with van der Waals surface area (Å²) in [6.45, 7) is 4.40. The Hall–Kier alpha value is -1.92. The molecule has 0 amide bonds. The Morgan fingerprint density at radius 2 is 2.00 bits per heavy atom. The summed E-state index contributed by atoms with van der Waals surface area (Å²) in [6, 6.07) is 10.6. The van der Waals surface area contributed by atoms with Crippen molar-refractivity contribution >= 4 is 15.7 Å². The maximum atomic E-state index is 12.7. The van der Waals surface area contributed by atoms with Gasteiger partial charge in [-0.25, -0.2) is 4.98 Å². The first kappa shape index (κ1) is 15.5. The van der Waals surface area contributed by atoms with E-state index in [0.29, 0.717) is 18.8 Å². The zero-order chi connectivity index (χ0) is 15.5. The first-order chi connectivity index (χ1) is 9.98. The number of nitrogens with zero attached hydrogens (tertiary/aromatic N) is 2. The molecule has 21 heavy (non-hydrogen) atoms. The normalized spacial score (nSPS) is 11.4. The van der Waals surface area contributed by atoms with Crippen molar-refractivity contribution in [3.63, 3.8) is 0 Å². The molecule has 5 nitrogen and oxygen atoms in total. The monoisotopic (exact) mass is 305 g/mol. The Kier molecular flexibility index (Phi) is 4.59. The molecule has 0 saturated heterocycles. The van der Waals surface area contributed by atoms with E-state index in [4.69, 9.17) is 5.73 Å². The van der Waals surface area contributed by atoms with Gasteiger partial charge in [0.15, 0.2) is 5.03 Å². The van der Waals surface area contributed by atoms with Gasteiger partial charge in [-0.3, -0.25) is 4.31 Å². The van der Waals surface area contributed by atoms with E-state index in [1.165, 1.54) is 16.6 Å². The molecule has 0 spiro atoms. The van der Waals surface area contributed by atoms with Crippen LogP contribution < -0.4 is 10.0 Å². The largest absolute Gasteiger partial charge is 0.326 e. The second kappa shape index (κ2) is 6.24. The molecule has 112 valence electrons. The van der Waals surface area contributed by atoms with Crippen molar-refractivity contribution in [3.8, 4) is 0 Å². The molecule has 0 atom stereocenters. The van der Waals surface area contributed by atoms with Gasteiger partial charge in [0.2, 0.25) is 0 Å². The quantitative estimate of drug-likeness (QED) is 0.917. The molecule has 1 heterocycles.